The lowest BCUT2D eigenvalue weighted by molar-refractivity contribution is 0.00977. The van der Waals surface area contributed by atoms with Gasteiger partial charge in [-0.1, -0.05) is 70.1 Å². The van der Waals surface area contributed by atoms with Gasteiger partial charge >= 0.3 is 0 Å². The summed E-state index contributed by atoms with van der Waals surface area (Å²) in [6.45, 7) is 3.31. The van der Waals surface area contributed by atoms with Gasteiger partial charge in [-0.15, -0.1) is 0 Å². The average Bonchev–Trinajstić information content (AvgIpc) is 2.75. The third kappa shape index (κ3) is 10.9. The van der Waals surface area contributed by atoms with Crippen molar-refractivity contribution in [3.8, 4) is 0 Å². The molecule has 0 saturated carbocycles. The SMILES string of the molecule is CCCCCC[S+](CCCCCCCCCC1CCCCO1)c1ccccc1. The third-order valence-electron chi connectivity index (χ3n) is 6.01. The van der Waals surface area contributed by atoms with Crippen LogP contribution in [0.5, 0.6) is 0 Å². The molecule has 0 amide bonds. The molecular weight excluding hydrogens is 360 g/mol. The van der Waals surface area contributed by atoms with E-state index in [4.69, 9.17) is 4.74 Å². The minimum absolute atomic E-state index is 0.481. The molecule has 0 spiro atoms. The molecule has 0 radical (unpaired) electrons. The maximum absolute atomic E-state index is 5.84. The van der Waals surface area contributed by atoms with E-state index in [1.807, 2.05) is 0 Å². The van der Waals surface area contributed by atoms with Crippen LogP contribution in [0.1, 0.15) is 103 Å². The number of ether oxygens (including phenoxy) is 1. The van der Waals surface area contributed by atoms with Gasteiger partial charge in [-0.25, -0.2) is 0 Å². The maximum Gasteiger partial charge on any atom is 0.154 e. The molecular formula is C26H45OS+. The van der Waals surface area contributed by atoms with E-state index in [1.54, 1.807) is 4.90 Å². The fraction of sp³-hybridized carbons (Fsp3) is 0.769. The molecule has 1 heterocycles. The zero-order valence-electron chi connectivity index (χ0n) is 18.5. The summed E-state index contributed by atoms with van der Waals surface area (Å²) in [4.78, 5) is 1.60. The van der Waals surface area contributed by atoms with Crippen LogP contribution >= 0.6 is 0 Å². The molecule has 0 aromatic heterocycles. The predicted molar refractivity (Wildman–Crippen MR) is 126 cm³/mol. The minimum atomic E-state index is 0.481. The first-order chi connectivity index (χ1) is 13.9. The Labute approximate surface area is 178 Å². The first kappa shape index (κ1) is 23.8. The molecule has 1 aromatic carbocycles. The highest BCUT2D eigenvalue weighted by Gasteiger charge is 2.20. The molecule has 1 aliphatic heterocycles. The normalized spacial score (nSPS) is 18.2. The molecule has 1 aliphatic rings. The Bertz CT molecular complexity index is 455. The molecule has 0 aliphatic carbocycles. The Morgan fingerprint density at radius 3 is 2.07 bits per heavy atom. The van der Waals surface area contributed by atoms with Crippen LogP contribution in [0, 0.1) is 0 Å². The highest BCUT2D eigenvalue weighted by atomic mass is 32.2. The second-order valence-electron chi connectivity index (χ2n) is 8.53. The van der Waals surface area contributed by atoms with Gasteiger partial charge in [0, 0.05) is 17.5 Å². The van der Waals surface area contributed by atoms with Gasteiger partial charge in [0.1, 0.15) is 11.5 Å². The lowest BCUT2D eigenvalue weighted by Gasteiger charge is -2.22. The molecule has 160 valence electrons. The van der Waals surface area contributed by atoms with Crippen LogP contribution in [0.25, 0.3) is 0 Å². The standard InChI is InChI=1S/C26H45OS/c1-2-3-4-16-23-28(26-20-12-10-13-21-26)24-17-9-7-5-6-8-11-18-25-19-14-15-22-27-25/h10,12-13,20-21,25H,2-9,11,14-19,22-24H2,1H3/q+1. The van der Waals surface area contributed by atoms with Crippen molar-refractivity contribution in [1.82, 2.24) is 0 Å². The van der Waals surface area contributed by atoms with Gasteiger partial charge in [0.15, 0.2) is 4.90 Å². The van der Waals surface area contributed by atoms with E-state index in [0.29, 0.717) is 17.0 Å². The summed E-state index contributed by atoms with van der Waals surface area (Å²) in [6.07, 6.45) is 21.3. The smallest absolute Gasteiger partial charge is 0.154 e. The minimum Gasteiger partial charge on any atom is -0.378 e. The van der Waals surface area contributed by atoms with Crippen LogP contribution in [0.15, 0.2) is 35.2 Å². The predicted octanol–water partition coefficient (Wildman–Crippen LogP) is 7.93. The second kappa shape index (κ2) is 16.3. The van der Waals surface area contributed by atoms with Crippen molar-refractivity contribution in [3.63, 3.8) is 0 Å². The summed E-state index contributed by atoms with van der Waals surface area (Å²) in [5.41, 5.74) is 0. The molecule has 28 heavy (non-hydrogen) atoms. The molecule has 1 saturated heterocycles. The summed E-state index contributed by atoms with van der Waals surface area (Å²) < 4.78 is 5.84. The zero-order valence-corrected chi connectivity index (χ0v) is 19.3. The molecule has 2 rings (SSSR count). The number of unbranched alkanes of at least 4 members (excludes halogenated alkanes) is 9. The fourth-order valence-corrected chi connectivity index (χ4v) is 6.54. The summed E-state index contributed by atoms with van der Waals surface area (Å²) in [6, 6.07) is 11.3. The van der Waals surface area contributed by atoms with Crippen LogP contribution < -0.4 is 0 Å². The monoisotopic (exact) mass is 405 g/mol. The lowest BCUT2D eigenvalue weighted by atomic mass is 10.0. The molecule has 1 aromatic rings. The number of benzene rings is 1. The first-order valence-corrected chi connectivity index (χ1v) is 13.8. The van der Waals surface area contributed by atoms with Crippen molar-refractivity contribution in [2.75, 3.05) is 18.1 Å². The second-order valence-corrected chi connectivity index (χ2v) is 10.8. The first-order valence-electron chi connectivity index (χ1n) is 12.2. The van der Waals surface area contributed by atoms with E-state index >= 15 is 0 Å². The molecule has 2 atom stereocenters. The lowest BCUT2D eigenvalue weighted by Crippen LogP contribution is -2.18. The van der Waals surface area contributed by atoms with Gasteiger partial charge < -0.3 is 4.74 Å². The van der Waals surface area contributed by atoms with E-state index in [2.05, 4.69) is 37.3 Å². The fourth-order valence-electron chi connectivity index (χ4n) is 4.22. The molecule has 0 N–H and O–H groups in total. The van der Waals surface area contributed by atoms with Crippen LogP contribution in [-0.2, 0) is 15.6 Å². The summed E-state index contributed by atoms with van der Waals surface area (Å²) >= 11 is 0. The summed E-state index contributed by atoms with van der Waals surface area (Å²) in [7, 11) is 0.481. The largest absolute Gasteiger partial charge is 0.378 e. The number of rotatable bonds is 16. The van der Waals surface area contributed by atoms with E-state index in [9.17, 15) is 0 Å². The molecule has 2 unspecified atom stereocenters. The topological polar surface area (TPSA) is 9.23 Å². The number of hydrogen-bond acceptors (Lipinski definition) is 1. The van der Waals surface area contributed by atoms with Crippen molar-refractivity contribution in [2.45, 2.75) is 114 Å². The highest BCUT2D eigenvalue weighted by molar-refractivity contribution is 7.96. The van der Waals surface area contributed by atoms with Crippen molar-refractivity contribution in [1.29, 1.82) is 0 Å². The maximum atomic E-state index is 5.84. The van der Waals surface area contributed by atoms with Crippen molar-refractivity contribution < 1.29 is 4.74 Å². The summed E-state index contributed by atoms with van der Waals surface area (Å²) in [5, 5.41) is 0. The Balaban J connectivity index is 1.50. The van der Waals surface area contributed by atoms with E-state index < -0.39 is 0 Å². The van der Waals surface area contributed by atoms with Gasteiger partial charge in [0.05, 0.1) is 6.10 Å². The Kier molecular flexibility index (Phi) is 13.9. The van der Waals surface area contributed by atoms with Crippen LogP contribution in [-0.4, -0.2) is 24.2 Å². The molecule has 1 fully saturated rings. The number of hydrogen-bond donors (Lipinski definition) is 0. The van der Waals surface area contributed by atoms with E-state index in [0.717, 1.165) is 6.61 Å². The average molecular weight is 406 g/mol. The van der Waals surface area contributed by atoms with Gasteiger partial charge in [0.2, 0.25) is 0 Å². The molecule has 2 heteroatoms. The van der Waals surface area contributed by atoms with Gasteiger partial charge in [-0.05, 0) is 63.5 Å². The van der Waals surface area contributed by atoms with Crippen molar-refractivity contribution in [2.24, 2.45) is 0 Å². The summed E-state index contributed by atoms with van der Waals surface area (Å²) in [5.74, 6) is 2.82. The Morgan fingerprint density at radius 1 is 0.786 bits per heavy atom. The van der Waals surface area contributed by atoms with E-state index in [1.165, 1.54) is 108 Å². The zero-order chi connectivity index (χ0) is 19.7. The van der Waals surface area contributed by atoms with E-state index in [-0.39, 0.29) is 0 Å². The highest BCUT2D eigenvalue weighted by Crippen LogP contribution is 2.20. The quantitative estimate of drug-likeness (QED) is 0.200. The van der Waals surface area contributed by atoms with Crippen molar-refractivity contribution in [3.05, 3.63) is 30.3 Å². The van der Waals surface area contributed by atoms with Gasteiger partial charge in [0.25, 0.3) is 0 Å². The van der Waals surface area contributed by atoms with Crippen LogP contribution in [0.4, 0.5) is 0 Å². The van der Waals surface area contributed by atoms with Crippen LogP contribution in [0.2, 0.25) is 0 Å². The molecule has 1 nitrogen and oxygen atoms in total. The van der Waals surface area contributed by atoms with Crippen molar-refractivity contribution >= 4 is 10.9 Å². The Morgan fingerprint density at radius 2 is 1.43 bits per heavy atom. The third-order valence-corrected chi connectivity index (χ3v) is 8.51. The van der Waals surface area contributed by atoms with Crippen LogP contribution in [0.3, 0.4) is 0 Å². The van der Waals surface area contributed by atoms with Gasteiger partial charge in [-0.3, -0.25) is 0 Å². The van der Waals surface area contributed by atoms with Gasteiger partial charge in [-0.2, -0.15) is 0 Å². The Hall–Kier alpha value is -0.470. The molecule has 0 bridgehead atoms.